The third kappa shape index (κ3) is 20.7. The number of H-pyrrole nitrogens is 1. The molecule has 0 aliphatic heterocycles. The average molecular weight is 917 g/mol. The zero-order valence-electron chi connectivity index (χ0n) is 36.2. The van der Waals surface area contributed by atoms with E-state index in [2.05, 4.69) is 35.3 Å². The summed E-state index contributed by atoms with van der Waals surface area (Å²) in [5.74, 6) is 2.20. The van der Waals surface area contributed by atoms with Crippen molar-refractivity contribution < 1.29 is 28.6 Å². The van der Waals surface area contributed by atoms with Gasteiger partial charge in [-0.15, -0.1) is 16.6 Å². The zero-order chi connectivity index (χ0) is 46.8. The Balaban J connectivity index is 0.000000236. The Morgan fingerprint density at radius 3 is 1.35 bits per heavy atom. The van der Waals surface area contributed by atoms with Gasteiger partial charge in [0.25, 0.3) is 0 Å². The average Bonchev–Trinajstić information content (AvgIpc) is 3.99. The lowest BCUT2D eigenvalue weighted by Gasteiger charge is -2.17. The summed E-state index contributed by atoms with van der Waals surface area (Å²) in [5.41, 5.74) is 1.06. The highest BCUT2D eigenvalue weighted by atomic mass is 35.5. The van der Waals surface area contributed by atoms with Crippen LogP contribution < -0.4 is 0 Å². The van der Waals surface area contributed by atoms with Crippen molar-refractivity contribution in [1.29, 1.82) is 0 Å². The topological polar surface area (TPSA) is 182 Å². The van der Waals surface area contributed by atoms with E-state index in [-0.39, 0.29) is 0 Å². The van der Waals surface area contributed by atoms with E-state index in [1.54, 1.807) is 45.0 Å². The van der Waals surface area contributed by atoms with E-state index in [9.17, 15) is 14.4 Å². The van der Waals surface area contributed by atoms with Gasteiger partial charge in [0.15, 0.2) is 17.5 Å². The monoisotopic (exact) mass is 915 g/mol. The highest BCUT2D eigenvalue weighted by Crippen LogP contribution is 2.21. The number of aromatic amines is 1. The number of rotatable bonds is 7. The molecular weight excluding hydrogens is 869 g/mol. The van der Waals surface area contributed by atoms with Crippen LogP contribution in [0.1, 0.15) is 62.3 Å². The number of terminal acetylenes is 1. The van der Waals surface area contributed by atoms with Gasteiger partial charge in [-0.25, -0.2) is 38.7 Å². The number of aromatic nitrogens is 9. The molecule has 3 heterocycles. The Labute approximate surface area is 381 Å². The number of carbonyl (C=O) groups excluding carboxylic acids is 3. The second kappa shape index (κ2) is 23.6. The Morgan fingerprint density at radius 1 is 0.619 bits per heavy atom. The van der Waals surface area contributed by atoms with E-state index in [0.717, 1.165) is 22.5 Å². The summed E-state index contributed by atoms with van der Waals surface area (Å²) >= 11 is 17.7. The largest absolute Gasteiger partial charge is 0.457 e. The molecule has 0 radical (unpaired) electrons. The molecule has 0 fully saturated rings. The Kier molecular flexibility index (Phi) is 19.0. The number of ether oxygens (including phenoxy) is 3. The van der Waals surface area contributed by atoms with Gasteiger partial charge in [0.1, 0.15) is 35.8 Å². The molecule has 0 unspecified atom stereocenters. The van der Waals surface area contributed by atoms with Crippen LogP contribution in [0.5, 0.6) is 0 Å². The minimum atomic E-state index is -0.609. The summed E-state index contributed by atoms with van der Waals surface area (Å²) in [6, 6.07) is 22.0. The lowest BCUT2D eigenvalue weighted by atomic mass is 10.2. The predicted octanol–water partition coefficient (Wildman–Crippen LogP) is 9.91. The minimum Gasteiger partial charge on any atom is -0.457 e. The fourth-order valence-electron chi connectivity index (χ4n) is 4.45. The first kappa shape index (κ1) is 50.8. The predicted molar refractivity (Wildman–Crippen MR) is 245 cm³/mol. The van der Waals surface area contributed by atoms with Crippen LogP contribution in [-0.4, -0.2) is 79.4 Å². The summed E-state index contributed by atoms with van der Waals surface area (Å²) in [6.07, 6.45) is 14.8. The van der Waals surface area contributed by atoms with E-state index in [1.807, 2.05) is 96.0 Å². The molecule has 0 saturated heterocycles. The summed E-state index contributed by atoms with van der Waals surface area (Å²) in [4.78, 5) is 45.8. The quantitative estimate of drug-likeness (QED) is 0.0527. The van der Waals surface area contributed by atoms with Gasteiger partial charge < -0.3 is 14.2 Å². The van der Waals surface area contributed by atoms with Gasteiger partial charge in [-0.1, -0.05) is 71.2 Å². The second-order valence-corrected chi connectivity index (χ2v) is 17.1. The molecular formula is C45H48Cl3N9O6. The fraction of sp³-hybridized carbons (Fsp3) is 0.267. The maximum atomic E-state index is 11.6. The van der Waals surface area contributed by atoms with Crippen LogP contribution in [0.25, 0.3) is 46.6 Å². The van der Waals surface area contributed by atoms with Gasteiger partial charge >= 0.3 is 17.9 Å². The first-order valence-corrected chi connectivity index (χ1v) is 20.1. The molecule has 1 N–H and O–H groups in total. The Bertz CT molecular complexity index is 2400. The van der Waals surface area contributed by atoms with E-state index in [4.69, 9.17) is 55.4 Å². The molecule has 0 amide bonds. The van der Waals surface area contributed by atoms with Crippen molar-refractivity contribution in [3.8, 4) is 46.5 Å². The normalized spacial score (nSPS) is 11.2. The molecule has 0 spiro atoms. The smallest absolute Gasteiger partial charge is 0.384 e. The van der Waals surface area contributed by atoms with Crippen LogP contribution >= 0.6 is 34.8 Å². The summed E-state index contributed by atoms with van der Waals surface area (Å²) in [6.45, 7) is 16.2. The molecule has 0 aliphatic carbocycles. The highest BCUT2D eigenvalue weighted by Gasteiger charge is 2.16. The van der Waals surface area contributed by atoms with Gasteiger partial charge in [0.05, 0.1) is 0 Å². The van der Waals surface area contributed by atoms with Crippen molar-refractivity contribution in [3.05, 3.63) is 119 Å². The molecule has 6 rings (SSSR count). The van der Waals surface area contributed by atoms with Crippen molar-refractivity contribution in [1.82, 2.24) is 44.7 Å². The number of halogens is 3. The van der Waals surface area contributed by atoms with E-state index in [1.165, 1.54) is 52.9 Å². The van der Waals surface area contributed by atoms with E-state index < -0.39 is 34.7 Å². The molecule has 3 aromatic carbocycles. The summed E-state index contributed by atoms with van der Waals surface area (Å²) in [5, 5.41) is 16.9. The first-order valence-electron chi connectivity index (χ1n) is 19.0. The molecule has 18 heteroatoms. The lowest BCUT2D eigenvalue weighted by Crippen LogP contribution is -2.22. The molecule has 0 bridgehead atoms. The molecule has 6 aromatic rings. The fourth-order valence-corrected chi connectivity index (χ4v) is 5.02. The van der Waals surface area contributed by atoms with E-state index in [0.29, 0.717) is 26.7 Å². The van der Waals surface area contributed by atoms with E-state index >= 15 is 0 Å². The molecule has 63 heavy (non-hydrogen) atoms. The van der Waals surface area contributed by atoms with Gasteiger partial charge in [-0.05, 0) is 98.7 Å². The number of hydrogen-bond donors (Lipinski definition) is 1. The number of nitrogens with zero attached hydrogens (tertiary/aromatic N) is 8. The van der Waals surface area contributed by atoms with Crippen LogP contribution in [0.4, 0.5) is 0 Å². The molecule has 0 aliphatic rings. The van der Waals surface area contributed by atoms with Crippen LogP contribution in [0, 0.1) is 12.3 Å². The molecule has 330 valence electrons. The number of esters is 3. The third-order valence-electron chi connectivity index (χ3n) is 6.75. The Hall–Kier alpha value is -6.60. The number of hydrogen-bond acceptors (Lipinski definition) is 12. The molecule has 15 nitrogen and oxygen atoms in total. The van der Waals surface area contributed by atoms with Crippen LogP contribution in [-0.2, 0) is 28.6 Å². The highest BCUT2D eigenvalue weighted by molar-refractivity contribution is 6.31. The molecule has 0 saturated carbocycles. The van der Waals surface area contributed by atoms with Gasteiger partial charge in [-0.3, -0.25) is 5.10 Å². The van der Waals surface area contributed by atoms with Crippen molar-refractivity contribution in [3.63, 3.8) is 0 Å². The lowest BCUT2D eigenvalue weighted by molar-refractivity contribution is -0.149. The van der Waals surface area contributed by atoms with Gasteiger partial charge in [0.2, 0.25) is 0 Å². The van der Waals surface area contributed by atoms with Crippen molar-refractivity contribution >= 4 is 65.1 Å². The maximum Gasteiger partial charge on any atom is 0.384 e. The van der Waals surface area contributed by atoms with Crippen molar-refractivity contribution in [2.45, 2.75) is 79.1 Å². The minimum absolute atomic E-state index is 0.428. The molecule has 0 atom stereocenters. The van der Waals surface area contributed by atoms with Crippen LogP contribution in [0.2, 0.25) is 15.1 Å². The van der Waals surface area contributed by atoms with Crippen LogP contribution in [0.15, 0.2) is 104 Å². The number of carbonyl (C=O) groups is 3. The first-order chi connectivity index (χ1) is 29.5. The van der Waals surface area contributed by atoms with Crippen molar-refractivity contribution in [2.75, 3.05) is 0 Å². The van der Waals surface area contributed by atoms with Gasteiger partial charge in [-0.2, -0.15) is 5.10 Å². The van der Waals surface area contributed by atoms with Gasteiger partial charge in [0, 0.05) is 62.2 Å². The maximum absolute atomic E-state index is 11.6. The zero-order valence-corrected chi connectivity index (χ0v) is 38.5. The Morgan fingerprint density at radius 2 is 1.02 bits per heavy atom. The second-order valence-electron chi connectivity index (χ2n) is 15.8. The summed E-state index contributed by atoms with van der Waals surface area (Å²) < 4.78 is 17.9. The third-order valence-corrected chi connectivity index (χ3v) is 7.46. The number of nitrogens with one attached hydrogen (secondary N) is 1. The molecule has 3 aromatic heterocycles. The number of benzene rings is 3. The van der Waals surface area contributed by atoms with Crippen molar-refractivity contribution in [2.24, 2.45) is 0 Å². The summed E-state index contributed by atoms with van der Waals surface area (Å²) in [7, 11) is 0. The SMILES string of the molecule is C#CC(=O)OC(C)(C)C.CC(C)(C)OC(=O)/C=C/n1cnc(-c2cccc(Cl)c2)n1.CC(C)(C)OC(=O)/C=C\n1cnc(-c2cccc(Cl)c2)n1.Clc1cccc(-c2ncn[nH]2)c1. The standard InChI is InChI=1S/2C15H16ClN3O2.C8H6ClN3.C7H10O2/c2*1-15(2,3)21-13(20)7-8-19-10-17-14(18-19)11-5-4-6-12(16)9-11;9-7-3-1-2-6(4-7)8-10-5-11-12-8;1-5-6(8)9-7(2,3)4/h2*4-10H,1-3H3;1-5H,(H,10,11,12);1H,2-4H3/b8-7+;8-7-;;. The van der Waals surface area contributed by atoms with Crippen LogP contribution in [0.3, 0.4) is 0 Å².